The summed E-state index contributed by atoms with van der Waals surface area (Å²) < 4.78 is 6.82. The third-order valence-corrected chi connectivity index (χ3v) is 4.08. The van der Waals surface area contributed by atoms with E-state index in [0.29, 0.717) is 25.4 Å². The molecular weight excluding hydrogens is 294 g/mol. The summed E-state index contributed by atoms with van der Waals surface area (Å²) in [7, 11) is 1.76. The van der Waals surface area contributed by atoms with Crippen molar-refractivity contribution >= 4 is 11.9 Å². The van der Waals surface area contributed by atoms with Crippen molar-refractivity contribution in [1.82, 2.24) is 14.5 Å². The average Bonchev–Trinajstić information content (AvgIpc) is 2.99. The highest BCUT2D eigenvalue weighted by molar-refractivity contribution is 5.94. The van der Waals surface area contributed by atoms with E-state index in [4.69, 9.17) is 4.74 Å². The van der Waals surface area contributed by atoms with Crippen LogP contribution < -0.4 is 0 Å². The molecule has 1 aromatic heterocycles. The summed E-state index contributed by atoms with van der Waals surface area (Å²) in [6.07, 6.45) is 3.75. The van der Waals surface area contributed by atoms with Gasteiger partial charge in [0.2, 0.25) is 0 Å². The normalized spacial score (nSPS) is 16.8. The van der Waals surface area contributed by atoms with E-state index in [1.165, 1.54) is 0 Å². The number of hydrogen-bond donors (Lipinski definition) is 0. The van der Waals surface area contributed by atoms with Crippen LogP contribution in [0.15, 0.2) is 36.7 Å². The van der Waals surface area contributed by atoms with Gasteiger partial charge >= 0.3 is 5.97 Å². The van der Waals surface area contributed by atoms with E-state index in [2.05, 4.69) is 4.98 Å². The topological polar surface area (TPSA) is 64.4 Å². The Balaban J connectivity index is 1.96. The van der Waals surface area contributed by atoms with E-state index in [0.717, 1.165) is 11.1 Å². The van der Waals surface area contributed by atoms with Crippen LogP contribution in [-0.2, 0) is 29.5 Å². The molecule has 2 heterocycles. The van der Waals surface area contributed by atoms with Crippen molar-refractivity contribution in [3.05, 3.63) is 53.6 Å². The van der Waals surface area contributed by atoms with Gasteiger partial charge in [-0.25, -0.2) is 9.78 Å². The molecule has 0 saturated carbocycles. The zero-order chi connectivity index (χ0) is 16.4. The molecule has 0 fully saturated rings. The monoisotopic (exact) mass is 313 g/mol. The van der Waals surface area contributed by atoms with Crippen LogP contribution in [0, 0.1) is 0 Å². The minimum atomic E-state index is -0.617. The fourth-order valence-corrected chi connectivity index (χ4v) is 2.89. The number of aromatic nitrogens is 2. The second-order valence-corrected chi connectivity index (χ2v) is 5.54. The van der Waals surface area contributed by atoms with E-state index in [9.17, 15) is 9.59 Å². The van der Waals surface area contributed by atoms with Crippen molar-refractivity contribution in [3.63, 3.8) is 0 Å². The van der Waals surface area contributed by atoms with Crippen LogP contribution in [0.1, 0.15) is 28.7 Å². The van der Waals surface area contributed by atoms with Crippen molar-refractivity contribution in [2.75, 3.05) is 6.61 Å². The van der Waals surface area contributed by atoms with Gasteiger partial charge in [0, 0.05) is 32.4 Å². The predicted molar refractivity (Wildman–Crippen MR) is 83.6 cm³/mol. The first-order chi connectivity index (χ1) is 11.1. The molecule has 1 unspecified atom stereocenters. The molecule has 0 bridgehead atoms. The van der Waals surface area contributed by atoms with Crippen LogP contribution in [0.2, 0.25) is 0 Å². The Morgan fingerprint density at radius 3 is 2.70 bits per heavy atom. The maximum absolute atomic E-state index is 12.8. The molecule has 6 nitrogen and oxygen atoms in total. The number of ether oxygens (including phenoxy) is 1. The van der Waals surface area contributed by atoms with Crippen LogP contribution in [0.4, 0.5) is 0 Å². The molecule has 1 amide bonds. The highest BCUT2D eigenvalue weighted by Crippen LogP contribution is 2.25. The number of imidazole rings is 1. The lowest BCUT2D eigenvalue weighted by Gasteiger charge is -2.35. The number of rotatable bonds is 3. The van der Waals surface area contributed by atoms with Gasteiger partial charge in [-0.15, -0.1) is 0 Å². The molecule has 1 aromatic carbocycles. The average molecular weight is 313 g/mol. The van der Waals surface area contributed by atoms with Gasteiger partial charge in [-0.3, -0.25) is 4.79 Å². The maximum atomic E-state index is 12.8. The maximum Gasteiger partial charge on any atom is 0.329 e. The SMILES string of the molecule is CCOC(=O)C1Cc2ccccc2CN1C(=O)c1nccn1C. The summed E-state index contributed by atoms with van der Waals surface area (Å²) in [6, 6.07) is 7.23. The lowest BCUT2D eigenvalue weighted by Crippen LogP contribution is -2.49. The van der Waals surface area contributed by atoms with E-state index in [1.54, 1.807) is 35.8 Å². The molecule has 3 rings (SSSR count). The molecule has 0 radical (unpaired) electrons. The van der Waals surface area contributed by atoms with Crippen LogP contribution in [-0.4, -0.2) is 39.0 Å². The summed E-state index contributed by atoms with van der Waals surface area (Å²) in [4.78, 5) is 30.8. The number of nitrogens with zero attached hydrogens (tertiary/aromatic N) is 3. The van der Waals surface area contributed by atoms with E-state index >= 15 is 0 Å². The zero-order valence-electron chi connectivity index (χ0n) is 13.2. The van der Waals surface area contributed by atoms with Crippen molar-refractivity contribution in [2.24, 2.45) is 7.05 Å². The van der Waals surface area contributed by atoms with Gasteiger partial charge in [-0.1, -0.05) is 24.3 Å². The number of carbonyl (C=O) groups is 2. The number of aryl methyl sites for hydroxylation is 1. The van der Waals surface area contributed by atoms with E-state index in [1.807, 2.05) is 24.3 Å². The Morgan fingerprint density at radius 1 is 1.30 bits per heavy atom. The molecule has 1 aliphatic heterocycles. The first-order valence-electron chi connectivity index (χ1n) is 7.63. The second kappa shape index (κ2) is 6.24. The molecule has 0 saturated heterocycles. The van der Waals surface area contributed by atoms with Gasteiger partial charge in [0.1, 0.15) is 6.04 Å². The van der Waals surface area contributed by atoms with E-state index in [-0.39, 0.29) is 11.9 Å². The third-order valence-electron chi connectivity index (χ3n) is 4.08. The molecule has 0 spiro atoms. The number of esters is 1. The Bertz CT molecular complexity index is 738. The lowest BCUT2D eigenvalue weighted by molar-refractivity contribution is -0.149. The van der Waals surface area contributed by atoms with Crippen LogP contribution in [0.25, 0.3) is 0 Å². The fourth-order valence-electron chi connectivity index (χ4n) is 2.89. The number of hydrogen-bond acceptors (Lipinski definition) is 4. The zero-order valence-corrected chi connectivity index (χ0v) is 13.2. The molecule has 120 valence electrons. The van der Waals surface area contributed by atoms with Gasteiger partial charge in [-0.2, -0.15) is 0 Å². The molecule has 1 aliphatic rings. The largest absolute Gasteiger partial charge is 0.464 e. The summed E-state index contributed by atoms with van der Waals surface area (Å²) >= 11 is 0. The Kier molecular flexibility index (Phi) is 4.14. The fraction of sp³-hybridized carbons (Fsp3) is 0.353. The molecule has 0 N–H and O–H groups in total. The van der Waals surface area contributed by atoms with Crippen LogP contribution in [0.5, 0.6) is 0 Å². The van der Waals surface area contributed by atoms with Crippen molar-refractivity contribution in [1.29, 1.82) is 0 Å². The summed E-state index contributed by atoms with van der Waals surface area (Å²) in [6.45, 7) is 2.44. The lowest BCUT2D eigenvalue weighted by atomic mass is 9.94. The van der Waals surface area contributed by atoms with Crippen molar-refractivity contribution in [2.45, 2.75) is 25.9 Å². The Labute approximate surface area is 134 Å². The first kappa shape index (κ1) is 15.3. The Morgan fingerprint density at radius 2 is 2.04 bits per heavy atom. The number of carbonyl (C=O) groups excluding carboxylic acids is 2. The Hall–Kier alpha value is -2.63. The molecule has 0 aliphatic carbocycles. The predicted octanol–water partition coefficient (Wildman–Crippen LogP) is 1.55. The van der Waals surface area contributed by atoms with Crippen molar-refractivity contribution < 1.29 is 14.3 Å². The minimum Gasteiger partial charge on any atom is -0.464 e. The summed E-state index contributed by atoms with van der Waals surface area (Å²) in [5.41, 5.74) is 2.13. The van der Waals surface area contributed by atoms with Gasteiger partial charge in [0.25, 0.3) is 5.91 Å². The number of amides is 1. The smallest absolute Gasteiger partial charge is 0.329 e. The second-order valence-electron chi connectivity index (χ2n) is 5.54. The molecule has 23 heavy (non-hydrogen) atoms. The molecular formula is C17H19N3O3. The number of benzene rings is 1. The highest BCUT2D eigenvalue weighted by atomic mass is 16.5. The van der Waals surface area contributed by atoms with Gasteiger partial charge in [0.05, 0.1) is 6.61 Å². The van der Waals surface area contributed by atoms with Gasteiger partial charge in [-0.05, 0) is 18.1 Å². The quantitative estimate of drug-likeness (QED) is 0.807. The molecule has 6 heteroatoms. The minimum absolute atomic E-state index is 0.259. The van der Waals surface area contributed by atoms with Crippen LogP contribution >= 0.6 is 0 Å². The van der Waals surface area contributed by atoms with E-state index < -0.39 is 6.04 Å². The molecule has 2 aromatic rings. The van der Waals surface area contributed by atoms with Gasteiger partial charge in [0.15, 0.2) is 5.82 Å². The van der Waals surface area contributed by atoms with Gasteiger partial charge < -0.3 is 14.2 Å². The first-order valence-corrected chi connectivity index (χ1v) is 7.63. The standard InChI is InChI=1S/C17H19N3O3/c1-3-23-17(22)14-10-12-6-4-5-7-13(12)11-20(14)16(21)15-18-8-9-19(15)2/h4-9,14H,3,10-11H2,1-2H3. The summed E-state index contributed by atoms with van der Waals surface area (Å²) in [5, 5.41) is 0. The molecule has 1 atom stereocenters. The number of fused-ring (bicyclic) bond motifs is 1. The van der Waals surface area contributed by atoms with Crippen LogP contribution in [0.3, 0.4) is 0 Å². The summed E-state index contributed by atoms with van der Waals surface area (Å²) in [5.74, 6) is -0.312. The van der Waals surface area contributed by atoms with Crippen molar-refractivity contribution in [3.8, 4) is 0 Å². The highest BCUT2D eigenvalue weighted by Gasteiger charge is 2.37. The third kappa shape index (κ3) is 2.84.